The minimum atomic E-state index is -0.897. The normalized spacial score (nSPS) is 15.2. The molecule has 0 saturated heterocycles. The Morgan fingerprint density at radius 1 is 1.17 bits per heavy atom. The van der Waals surface area contributed by atoms with Gasteiger partial charge < -0.3 is 10.8 Å². The van der Waals surface area contributed by atoms with E-state index in [1.165, 1.54) is 0 Å². The first-order chi connectivity index (χ1) is 10.8. The topological polar surface area (TPSA) is 46.2 Å². The highest BCUT2D eigenvalue weighted by Gasteiger charge is 2.27. The lowest BCUT2D eigenvalue weighted by molar-refractivity contribution is 0.0451. The Morgan fingerprint density at radius 2 is 1.83 bits per heavy atom. The van der Waals surface area contributed by atoms with Gasteiger partial charge in [0.05, 0.1) is 5.60 Å². The van der Waals surface area contributed by atoms with E-state index < -0.39 is 5.60 Å². The number of hydrogen-bond donors (Lipinski definition) is 2. The molecule has 0 fully saturated rings. The van der Waals surface area contributed by atoms with Crippen molar-refractivity contribution in [1.29, 1.82) is 0 Å². The SMILES string of the molecule is CC(c1ccc(SCc2ccc(Cl)cc2Cl)cc1)C(C)(O)CN. The molecule has 0 heterocycles. The van der Waals surface area contributed by atoms with Gasteiger partial charge in [0.15, 0.2) is 0 Å². The zero-order chi connectivity index (χ0) is 17.0. The van der Waals surface area contributed by atoms with Crippen LogP contribution < -0.4 is 5.73 Å². The van der Waals surface area contributed by atoms with Crippen molar-refractivity contribution in [3.05, 3.63) is 63.6 Å². The van der Waals surface area contributed by atoms with Crippen molar-refractivity contribution in [3.8, 4) is 0 Å². The molecule has 2 nitrogen and oxygen atoms in total. The van der Waals surface area contributed by atoms with Gasteiger partial charge in [-0.1, -0.05) is 48.3 Å². The van der Waals surface area contributed by atoms with Gasteiger partial charge in [0.25, 0.3) is 0 Å². The van der Waals surface area contributed by atoms with Crippen LogP contribution in [-0.2, 0) is 5.75 Å². The highest BCUT2D eigenvalue weighted by Crippen LogP contribution is 2.31. The average molecular weight is 370 g/mol. The molecule has 3 N–H and O–H groups in total. The molecule has 0 radical (unpaired) electrons. The second-order valence-electron chi connectivity index (χ2n) is 5.88. The van der Waals surface area contributed by atoms with Gasteiger partial charge in [0.2, 0.25) is 0 Å². The van der Waals surface area contributed by atoms with E-state index in [1.807, 2.05) is 31.2 Å². The van der Waals surface area contributed by atoms with Crippen LogP contribution >= 0.6 is 35.0 Å². The fraction of sp³-hybridized carbons (Fsp3) is 0.333. The van der Waals surface area contributed by atoms with Gasteiger partial charge in [-0.05, 0) is 42.3 Å². The maximum absolute atomic E-state index is 10.3. The number of benzene rings is 2. The molecule has 0 aliphatic rings. The molecule has 124 valence electrons. The Bertz CT molecular complexity index is 659. The van der Waals surface area contributed by atoms with E-state index in [4.69, 9.17) is 28.9 Å². The monoisotopic (exact) mass is 369 g/mol. The van der Waals surface area contributed by atoms with Crippen LogP contribution in [0.1, 0.15) is 30.9 Å². The lowest BCUT2D eigenvalue weighted by atomic mass is 9.85. The van der Waals surface area contributed by atoms with Gasteiger partial charge in [0, 0.05) is 33.2 Å². The largest absolute Gasteiger partial charge is 0.388 e. The van der Waals surface area contributed by atoms with Crippen LogP contribution in [0.4, 0.5) is 0 Å². The van der Waals surface area contributed by atoms with E-state index >= 15 is 0 Å². The van der Waals surface area contributed by atoms with E-state index in [0.29, 0.717) is 10.0 Å². The zero-order valence-corrected chi connectivity index (χ0v) is 15.6. The fourth-order valence-electron chi connectivity index (χ4n) is 2.19. The summed E-state index contributed by atoms with van der Waals surface area (Å²) in [6.07, 6.45) is 0. The molecular weight excluding hydrogens is 349 g/mol. The Morgan fingerprint density at radius 3 is 2.39 bits per heavy atom. The summed E-state index contributed by atoms with van der Waals surface area (Å²) in [6.45, 7) is 3.99. The predicted octanol–water partition coefficient (Wildman–Crippen LogP) is 5.10. The molecule has 2 aromatic carbocycles. The molecule has 0 aromatic heterocycles. The molecule has 0 amide bonds. The third kappa shape index (κ3) is 4.88. The summed E-state index contributed by atoms with van der Waals surface area (Å²) < 4.78 is 0. The number of aliphatic hydroxyl groups is 1. The predicted molar refractivity (Wildman–Crippen MR) is 101 cm³/mol. The third-order valence-electron chi connectivity index (χ3n) is 4.14. The van der Waals surface area contributed by atoms with Crippen LogP contribution in [0.5, 0.6) is 0 Å². The first-order valence-corrected chi connectivity index (χ1v) is 9.17. The van der Waals surface area contributed by atoms with Crippen LogP contribution in [-0.4, -0.2) is 17.3 Å². The van der Waals surface area contributed by atoms with Crippen LogP contribution in [0.15, 0.2) is 47.4 Å². The zero-order valence-electron chi connectivity index (χ0n) is 13.2. The minimum absolute atomic E-state index is 0.0164. The molecular formula is C18H21Cl2NOS. The van der Waals surface area contributed by atoms with Gasteiger partial charge in [-0.15, -0.1) is 11.8 Å². The third-order valence-corrected chi connectivity index (χ3v) is 5.78. The molecule has 2 atom stereocenters. The van der Waals surface area contributed by atoms with Crippen LogP contribution in [0.25, 0.3) is 0 Å². The lowest BCUT2D eigenvalue weighted by Gasteiger charge is -2.29. The van der Waals surface area contributed by atoms with E-state index in [9.17, 15) is 5.11 Å². The minimum Gasteiger partial charge on any atom is -0.388 e. The van der Waals surface area contributed by atoms with Crippen molar-refractivity contribution in [3.63, 3.8) is 0 Å². The Labute approximate surface area is 152 Å². The van der Waals surface area contributed by atoms with Crippen LogP contribution in [0.3, 0.4) is 0 Å². The van der Waals surface area contributed by atoms with Gasteiger partial charge in [-0.25, -0.2) is 0 Å². The van der Waals surface area contributed by atoms with E-state index in [2.05, 4.69) is 12.1 Å². The summed E-state index contributed by atoms with van der Waals surface area (Å²) in [7, 11) is 0. The Balaban J connectivity index is 2.03. The summed E-state index contributed by atoms with van der Waals surface area (Å²) >= 11 is 13.8. The highest BCUT2D eigenvalue weighted by atomic mass is 35.5. The van der Waals surface area contributed by atoms with E-state index in [1.54, 1.807) is 24.8 Å². The number of nitrogens with two attached hydrogens (primary N) is 1. The number of halogens is 2. The van der Waals surface area contributed by atoms with E-state index in [-0.39, 0.29) is 12.5 Å². The molecule has 5 heteroatoms. The van der Waals surface area contributed by atoms with Crippen molar-refractivity contribution >= 4 is 35.0 Å². The summed E-state index contributed by atoms with van der Waals surface area (Å²) in [4.78, 5) is 1.15. The second-order valence-corrected chi connectivity index (χ2v) is 7.77. The smallest absolute Gasteiger partial charge is 0.0806 e. The molecule has 0 bridgehead atoms. The number of rotatable bonds is 6. The molecule has 0 spiro atoms. The number of hydrogen-bond acceptors (Lipinski definition) is 3. The maximum Gasteiger partial charge on any atom is 0.0806 e. The quantitative estimate of drug-likeness (QED) is 0.696. The van der Waals surface area contributed by atoms with Gasteiger partial charge in [-0.3, -0.25) is 0 Å². The molecule has 2 unspecified atom stereocenters. The molecule has 2 rings (SSSR count). The average Bonchev–Trinajstić information content (AvgIpc) is 2.54. The maximum atomic E-state index is 10.3. The van der Waals surface area contributed by atoms with Crippen molar-refractivity contribution in [2.45, 2.75) is 36.0 Å². The van der Waals surface area contributed by atoms with Crippen molar-refractivity contribution in [2.75, 3.05) is 6.54 Å². The summed E-state index contributed by atoms with van der Waals surface area (Å²) in [5, 5.41) is 11.6. The van der Waals surface area contributed by atoms with Crippen LogP contribution in [0.2, 0.25) is 10.0 Å². The standard InChI is InChI=1S/C18H21Cl2NOS/c1-12(18(2,22)11-21)13-4-7-16(8-5-13)23-10-14-3-6-15(19)9-17(14)20/h3-9,12,22H,10-11,21H2,1-2H3. The molecule has 23 heavy (non-hydrogen) atoms. The fourth-order valence-corrected chi connectivity index (χ4v) is 3.65. The Hall–Kier alpha value is -0.710. The molecule has 2 aromatic rings. The van der Waals surface area contributed by atoms with Gasteiger partial charge in [0.1, 0.15) is 0 Å². The number of thioether (sulfide) groups is 1. The molecule has 0 aliphatic heterocycles. The van der Waals surface area contributed by atoms with Crippen molar-refractivity contribution < 1.29 is 5.11 Å². The van der Waals surface area contributed by atoms with Crippen molar-refractivity contribution in [1.82, 2.24) is 0 Å². The van der Waals surface area contributed by atoms with Crippen LogP contribution in [0, 0.1) is 0 Å². The summed E-state index contributed by atoms with van der Waals surface area (Å²) in [5.41, 5.74) is 6.88. The van der Waals surface area contributed by atoms with Crippen molar-refractivity contribution in [2.24, 2.45) is 5.73 Å². The first kappa shape index (κ1) is 18.6. The van der Waals surface area contributed by atoms with E-state index in [0.717, 1.165) is 21.8 Å². The molecule has 0 saturated carbocycles. The summed E-state index contributed by atoms with van der Waals surface area (Å²) in [5.74, 6) is 0.767. The van der Waals surface area contributed by atoms with Gasteiger partial charge in [-0.2, -0.15) is 0 Å². The molecule has 0 aliphatic carbocycles. The first-order valence-electron chi connectivity index (χ1n) is 7.42. The van der Waals surface area contributed by atoms with Gasteiger partial charge >= 0.3 is 0 Å². The lowest BCUT2D eigenvalue weighted by Crippen LogP contribution is -2.39. The summed E-state index contributed by atoms with van der Waals surface area (Å²) in [6, 6.07) is 13.8. The second kappa shape index (κ2) is 7.91. The Kier molecular flexibility index (Phi) is 6.40. The highest BCUT2D eigenvalue weighted by molar-refractivity contribution is 7.98.